The average Bonchev–Trinajstić information content (AvgIpc) is 3.10. The molecule has 2 aromatic heterocycles. The first-order valence-electron chi connectivity index (χ1n) is 8.65. The molecule has 0 unspecified atom stereocenters. The van der Waals surface area contributed by atoms with Crippen molar-refractivity contribution in [3.05, 3.63) is 88.0 Å². The molecule has 0 radical (unpaired) electrons. The van der Waals surface area contributed by atoms with Crippen LogP contribution < -0.4 is 5.56 Å². The molecule has 0 amide bonds. The van der Waals surface area contributed by atoms with Crippen LogP contribution in [0.2, 0.25) is 0 Å². The Morgan fingerprint density at radius 2 is 1.79 bits per heavy atom. The summed E-state index contributed by atoms with van der Waals surface area (Å²) in [6.45, 7) is 2.41. The van der Waals surface area contributed by atoms with Gasteiger partial charge in [-0.15, -0.1) is 0 Å². The zero-order chi connectivity index (χ0) is 19.8. The molecule has 0 spiro atoms. The Morgan fingerprint density at radius 3 is 2.50 bits per heavy atom. The van der Waals surface area contributed by atoms with Gasteiger partial charge in [0, 0.05) is 13.0 Å². The highest BCUT2D eigenvalue weighted by Gasteiger charge is 2.19. The minimum atomic E-state index is -0.994. The Morgan fingerprint density at radius 1 is 1.04 bits per heavy atom. The largest absolute Gasteiger partial charge is 0.315 e. The van der Waals surface area contributed by atoms with Crippen LogP contribution in [-0.2, 0) is 13.0 Å². The molecule has 0 saturated heterocycles. The quantitative estimate of drug-likeness (QED) is 0.540. The molecule has 28 heavy (non-hydrogen) atoms. The summed E-state index contributed by atoms with van der Waals surface area (Å²) in [6, 6.07) is 9.11. The summed E-state index contributed by atoms with van der Waals surface area (Å²) in [7, 11) is 0. The summed E-state index contributed by atoms with van der Waals surface area (Å²) < 4.78 is 44.1. The first-order chi connectivity index (χ1) is 13.5. The predicted octanol–water partition coefficient (Wildman–Crippen LogP) is 3.61. The van der Waals surface area contributed by atoms with Crippen molar-refractivity contribution in [3.63, 3.8) is 0 Å². The summed E-state index contributed by atoms with van der Waals surface area (Å²) in [5.74, 6) is -2.23. The number of hydrogen-bond donors (Lipinski definition) is 0. The topological polar surface area (TPSA) is 52.7 Å². The standard InChI is InChI=1S/C20H15F3N4O/c1-2-26-11-24-18-19(26)25-16(10-12-4-3-5-15(22)17(12)23)27(20(18)28)14-8-6-13(21)7-9-14/h3-9,11H,2,10H2,1H3. The Hall–Kier alpha value is -3.42. The van der Waals surface area contributed by atoms with Crippen LogP contribution in [0.1, 0.15) is 18.3 Å². The van der Waals surface area contributed by atoms with Crippen LogP contribution in [0, 0.1) is 17.5 Å². The van der Waals surface area contributed by atoms with E-state index in [1.54, 1.807) is 4.57 Å². The molecule has 2 aromatic carbocycles. The van der Waals surface area contributed by atoms with Gasteiger partial charge in [0.2, 0.25) is 0 Å². The average molecular weight is 384 g/mol. The number of imidazole rings is 1. The fourth-order valence-corrected chi connectivity index (χ4v) is 3.10. The van der Waals surface area contributed by atoms with E-state index in [9.17, 15) is 18.0 Å². The molecule has 0 fully saturated rings. The molecule has 0 aliphatic heterocycles. The summed E-state index contributed by atoms with van der Waals surface area (Å²) in [5, 5.41) is 0. The maximum Gasteiger partial charge on any atom is 0.286 e. The first kappa shape index (κ1) is 18.0. The van der Waals surface area contributed by atoms with Crippen LogP contribution in [0.3, 0.4) is 0 Å². The number of aromatic nitrogens is 4. The van der Waals surface area contributed by atoms with E-state index >= 15 is 0 Å². The Bertz CT molecular complexity index is 1230. The third-order valence-corrected chi connectivity index (χ3v) is 4.51. The van der Waals surface area contributed by atoms with Crippen molar-refractivity contribution >= 4 is 11.2 Å². The van der Waals surface area contributed by atoms with Gasteiger partial charge in [-0.1, -0.05) is 12.1 Å². The molecule has 0 aliphatic rings. The van der Waals surface area contributed by atoms with E-state index < -0.39 is 23.0 Å². The summed E-state index contributed by atoms with van der Waals surface area (Å²) in [5.41, 5.74) is 0.464. The minimum absolute atomic E-state index is 0.0599. The van der Waals surface area contributed by atoms with Crippen molar-refractivity contribution < 1.29 is 13.2 Å². The number of nitrogens with zero attached hydrogens (tertiary/aromatic N) is 4. The molecule has 0 saturated carbocycles. The predicted molar refractivity (Wildman–Crippen MR) is 97.9 cm³/mol. The van der Waals surface area contributed by atoms with Gasteiger partial charge >= 0.3 is 0 Å². The van der Waals surface area contributed by atoms with E-state index in [0.29, 0.717) is 17.9 Å². The van der Waals surface area contributed by atoms with Gasteiger partial charge in [-0.3, -0.25) is 9.36 Å². The van der Waals surface area contributed by atoms with Crippen LogP contribution in [0.5, 0.6) is 0 Å². The van der Waals surface area contributed by atoms with Gasteiger partial charge in [-0.25, -0.2) is 23.1 Å². The second-order valence-corrected chi connectivity index (χ2v) is 6.24. The van der Waals surface area contributed by atoms with Crippen molar-refractivity contribution in [1.29, 1.82) is 0 Å². The Balaban J connectivity index is 1.98. The lowest BCUT2D eigenvalue weighted by molar-refractivity contribution is 0.499. The zero-order valence-electron chi connectivity index (χ0n) is 14.9. The molecular formula is C20H15F3N4O. The number of hydrogen-bond acceptors (Lipinski definition) is 3. The summed E-state index contributed by atoms with van der Waals surface area (Å²) in [4.78, 5) is 21.7. The van der Waals surface area contributed by atoms with Crippen LogP contribution in [0.4, 0.5) is 13.2 Å². The van der Waals surface area contributed by atoms with E-state index in [-0.39, 0.29) is 23.3 Å². The van der Waals surface area contributed by atoms with Crippen molar-refractivity contribution in [2.75, 3.05) is 0 Å². The van der Waals surface area contributed by atoms with Gasteiger partial charge in [0.15, 0.2) is 22.8 Å². The van der Waals surface area contributed by atoms with Gasteiger partial charge in [0.05, 0.1) is 12.0 Å². The third-order valence-electron chi connectivity index (χ3n) is 4.51. The maximum atomic E-state index is 14.2. The number of fused-ring (bicyclic) bond motifs is 1. The first-order valence-corrected chi connectivity index (χ1v) is 8.65. The van der Waals surface area contributed by atoms with Gasteiger partial charge in [-0.2, -0.15) is 0 Å². The van der Waals surface area contributed by atoms with Gasteiger partial charge < -0.3 is 4.57 Å². The molecule has 0 bridgehead atoms. The second-order valence-electron chi connectivity index (χ2n) is 6.24. The zero-order valence-corrected chi connectivity index (χ0v) is 14.9. The molecule has 4 aromatic rings. The number of rotatable bonds is 4. The van der Waals surface area contributed by atoms with E-state index in [1.807, 2.05) is 6.92 Å². The molecule has 8 heteroatoms. The highest BCUT2D eigenvalue weighted by atomic mass is 19.2. The lowest BCUT2D eigenvalue weighted by Gasteiger charge is -2.13. The lowest BCUT2D eigenvalue weighted by Crippen LogP contribution is -2.25. The number of halogens is 3. The molecule has 0 N–H and O–H groups in total. The second kappa shape index (κ2) is 6.95. The maximum absolute atomic E-state index is 14.2. The highest BCUT2D eigenvalue weighted by molar-refractivity contribution is 5.70. The Kier molecular flexibility index (Phi) is 4.46. The molecule has 0 atom stereocenters. The fourth-order valence-electron chi connectivity index (χ4n) is 3.10. The van der Waals surface area contributed by atoms with Crippen LogP contribution >= 0.6 is 0 Å². The molecule has 5 nitrogen and oxygen atoms in total. The minimum Gasteiger partial charge on any atom is -0.315 e. The van der Waals surface area contributed by atoms with Crippen molar-refractivity contribution in [2.45, 2.75) is 19.9 Å². The third kappa shape index (κ3) is 2.96. The lowest BCUT2D eigenvalue weighted by atomic mass is 10.1. The van der Waals surface area contributed by atoms with Crippen molar-refractivity contribution in [3.8, 4) is 5.69 Å². The SMILES string of the molecule is CCn1cnc2c(=O)n(-c3ccc(F)cc3)c(Cc3cccc(F)c3F)nc21. The number of benzene rings is 2. The fraction of sp³-hybridized carbons (Fsp3) is 0.150. The molecule has 4 rings (SSSR count). The van der Waals surface area contributed by atoms with E-state index in [2.05, 4.69) is 9.97 Å². The summed E-state index contributed by atoms with van der Waals surface area (Å²) in [6.07, 6.45) is 1.38. The van der Waals surface area contributed by atoms with Gasteiger partial charge in [-0.05, 0) is 42.8 Å². The van der Waals surface area contributed by atoms with Gasteiger partial charge in [0.25, 0.3) is 5.56 Å². The highest BCUT2D eigenvalue weighted by Crippen LogP contribution is 2.19. The van der Waals surface area contributed by atoms with Crippen LogP contribution in [0.25, 0.3) is 16.9 Å². The Labute approximate surface area is 157 Å². The molecule has 0 aliphatic carbocycles. The van der Waals surface area contributed by atoms with E-state index in [1.165, 1.54) is 47.3 Å². The van der Waals surface area contributed by atoms with Crippen molar-refractivity contribution in [2.24, 2.45) is 0 Å². The smallest absolute Gasteiger partial charge is 0.286 e. The van der Waals surface area contributed by atoms with Crippen molar-refractivity contribution in [1.82, 2.24) is 19.1 Å². The monoisotopic (exact) mass is 384 g/mol. The molecular weight excluding hydrogens is 369 g/mol. The van der Waals surface area contributed by atoms with Crippen LogP contribution in [-0.4, -0.2) is 19.1 Å². The molecule has 2 heterocycles. The number of aryl methyl sites for hydroxylation is 1. The normalized spacial score (nSPS) is 11.3. The van der Waals surface area contributed by atoms with E-state index in [0.717, 1.165) is 6.07 Å². The summed E-state index contributed by atoms with van der Waals surface area (Å²) >= 11 is 0. The van der Waals surface area contributed by atoms with Gasteiger partial charge in [0.1, 0.15) is 11.6 Å². The molecule has 142 valence electrons. The van der Waals surface area contributed by atoms with Crippen LogP contribution in [0.15, 0.2) is 53.6 Å². The van der Waals surface area contributed by atoms with E-state index in [4.69, 9.17) is 0 Å².